The molecule has 0 bridgehead atoms. The van der Waals surface area contributed by atoms with Crippen LogP contribution in [0.15, 0.2) is 24.3 Å². The van der Waals surface area contributed by atoms with Crippen molar-refractivity contribution < 1.29 is 9.53 Å². The van der Waals surface area contributed by atoms with Gasteiger partial charge >= 0.3 is 0 Å². The zero-order valence-corrected chi connectivity index (χ0v) is 11.9. The van der Waals surface area contributed by atoms with E-state index in [0.717, 1.165) is 12.2 Å². The lowest BCUT2D eigenvalue weighted by atomic mass is 10.1. The molecule has 0 aliphatic heterocycles. The molecular weight excluding hydrogens is 250 g/mol. The van der Waals surface area contributed by atoms with Crippen molar-refractivity contribution in [2.24, 2.45) is 0 Å². The summed E-state index contributed by atoms with van der Waals surface area (Å²) in [7, 11) is 0. The van der Waals surface area contributed by atoms with Crippen LogP contribution in [0.25, 0.3) is 0 Å². The number of rotatable bonds is 6. The van der Waals surface area contributed by atoms with Crippen LogP contribution >= 0.6 is 11.6 Å². The van der Waals surface area contributed by atoms with Crippen LogP contribution in [0.4, 0.5) is 0 Å². The van der Waals surface area contributed by atoms with Gasteiger partial charge in [0, 0.05) is 0 Å². The summed E-state index contributed by atoms with van der Waals surface area (Å²) in [6.07, 6.45) is 0.976. The van der Waals surface area contributed by atoms with Crippen molar-refractivity contribution in [1.29, 1.82) is 0 Å². The maximum absolute atomic E-state index is 11.2. The number of aryl methyl sites for hydroxylation is 1. The first-order valence-corrected chi connectivity index (χ1v) is 6.59. The maximum atomic E-state index is 11.2. The van der Waals surface area contributed by atoms with Gasteiger partial charge in [-0.3, -0.25) is 4.79 Å². The Labute approximate surface area is 113 Å². The predicted octanol–water partition coefficient (Wildman–Crippen LogP) is 2.76. The summed E-state index contributed by atoms with van der Waals surface area (Å²) in [4.78, 5) is 11.2. The summed E-state index contributed by atoms with van der Waals surface area (Å²) in [6.45, 7) is 6.31. The Balaban J connectivity index is 2.55. The van der Waals surface area contributed by atoms with Crippen molar-refractivity contribution in [2.75, 3.05) is 12.5 Å². The van der Waals surface area contributed by atoms with E-state index in [1.807, 2.05) is 32.0 Å². The maximum Gasteiger partial charge on any atom is 0.235 e. The molecule has 1 amide bonds. The molecule has 100 valence electrons. The van der Waals surface area contributed by atoms with E-state index in [1.54, 1.807) is 0 Å². The molecule has 1 aromatic rings. The highest BCUT2D eigenvalue weighted by molar-refractivity contribution is 6.27. The third-order valence-electron chi connectivity index (χ3n) is 2.51. The number of nitrogens with one attached hydrogen (secondary N) is 1. The van der Waals surface area contributed by atoms with Gasteiger partial charge in [-0.05, 0) is 38.0 Å². The highest BCUT2D eigenvalue weighted by Crippen LogP contribution is 2.15. The van der Waals surface area contributed by atoms with Crippen molar-refractivity contribution in [3.05, 3.63) is 29.8 Å². The van der Waals surface area contributed by atoms with Gasteiger partial charge < -0.3 is 10.1 Å². The molecule has 4 heteroatoms. The van der Waals surface area contributed by atoms with Crippen LogP contribution in [0.2, 0.25) is 0 Å². The van der Waals surface area contributed by atoms with Crippen LogP contribution in [-0.4, -0.2) is 23.9 Å². The molecule has 0 heterocycles. The third-order valence-corrected chi connectivity index (χ3v) is 2.75. The van der Waals surface area contributed by atoms with Gasteiger partial charge in [0.15, 0.2) is 0 Å². The normalized spacial score (nSPS) is 11.1. The van der Waals surface area contributed by atoms with Crippen molar-refractivity contribution in [3.8, 4) is 5.75 Å². The van der Waals surface area contributed by atoms with Crippen LogP contribution in [0, 0.1) is 0 Å². The summed E-state index contributed by atoms with van der Waals surface area (Å²) < 4.78 is 5.70. The average molecular weight is 270 g/mol. The number of benzene rings is 1. The van der Waals surface area contributed by atoms with Crippen LogP contribution in [-0.2, 0) is 11.2 Å². The summed E-state index contributed by atoms with van der Waals surface area (Å²) in [5.74, 6) is 0.601. The monoisotopic (exact) mass is 269 g/mol. The second kappa shape index (κ2) is 6.64. The molecular formula is C14H20ClNO2. The van der Waals surface area contributed by atoms with Crippen LogP contribution in [0.3, 0.4) is 0 Å². The minimum absolute atomic E-state index is 0.0330. The van der Waals surface area contributed by atoms with E-state index in [0.29, 0.717) is 6.61 Å². The summed E-state index contributed by atoms with van der Waals surface area (Å²) >= 11 is 5.46. The third kappa shape index (κ3) is 4.96. The molecule has 1 aromatic carbocycles. The number of carbonyl (C=O) groups is 1. The SMILES string of the molecule is CCc1cccc(OCC(C)(C)NC(=O)CCl)c1. The molecule has 0 aliphatic rings. The molecule has 1 N–H and O–H groups in total. The number of amides is 1. The van der Waals surface area contributed by atoms with Crippen LogP contribution < -0.4 is 10.1 Å². The van der Waals surface area contributed by atoms with E-state index < -0.39 is 5.54 Å². The second-order valence-electron chi connectivity index (χ2n) is 4.86. The molecule has 1 rings (SSSR count). The van der Waals surface area contributed by atoms with E-state index in [2.05, 4.69) is 18.3 Å². The first-order valence-electron chi connectivity index (χ1n) is 6.05. The molecule has 0 fully saturated rings. The minimum Gasteiger partial charge on any atom is -0.491 e. The van der Waals surface area contributed by atoms with Crippen molar-refractivity contribution >= 4 is 17.5 Å². The topological polar surface area (TPSA) is 38.3 Å². The standard InChI is InChI=1S/C14H20ClNO2/c1-4-11-6-5-7-12(8-11)18-10-14(2,3)16-13(17)9-15/h5-8H,4,9-10H2,1-3H3,(H,16,17). The van der Waals surface area contributed by atoms with E-state index in [-0.39, 0.29) is 11.8 Å². The first kappa shape index (κ1) is 14.8. The van der Waals surface area contributed by atoms with E-state index in [9.17, 15) is 4.79 Å². The Morgan fingerprint density at radius 3 is 2.78 bits per heavy atom. The summed E-state index contributed by atoms with van der Waals surface area (Å²) in [6, 6.07) is 7.96. The van der Waals surface area contributed by atoms with Crippen molar-refractivity contribution in [1.82, 2.24) is 5.32 Å². The van der Waals surface area contributed by atoms with Crippen LogP contribution in [0.5, 0.6) is 5.75 Å². The quantitative estimate of drug-likeness (QED) is 0.807. The number of ether oxygens (including phenoxy) is 1. The van der Waals surface area contributed by atoms with E-state index >= 15 is 0 Å². The number of carbonyl (C=O) groups excluding carboxylic acids is 1. The molecule has 0 radical (unpaired) electrons. The molecule has 18 heavy (non-hydrogen) atoms. The summed E-state index contributed by atoms with van der Waals surface area (Å²) in [5, 5.41) is 2.81. The second-order valence-corrected chi connectivity index (χ2v) is 5.12. The fourth-order valence-corrected chi connectivity index (χ4v) is 1.63. The van der Waals surface area contributed by atoms with Gasteiger partial charge in [-0.15, -0.1) is 11.6 Å². The number of hydrogen-bond donors (Lipinski definition) is 1. The molecule has 0 aromatic heterocycles. The predicted molar refractivity (Wildman–Crippen MR) is 74.3 cm³/mol. The molecule has 3 nitrogen and oxygen atoms in total. The fraction of sp³-hybridized carbons (Fsp3) is 0.500. The largest absolute Gasteiger partial charge is 0.491 e. The smallest absolute Gasteiger partial charge is 0.235 e. The Morgan fingerprint density at radius 1 is 1.44 bits per heavy atom. The Hall–Kier alpha value is -1.22. The van der Waals surface area contributed by atoms with Gasteiger partial charge in [0.05, 0.1) is 5.54 Å². The Bertz CT molecular complexity index is 405. The number of alkyl halides is 1. The molecule has 0 atom stereocenters. The van der Waals surface area contributed by atoms with E-state index in [1.165, 1.54) is 5.56 Å². The molecule has 0 aliphatic carbocycles. The van der Waals surface area contributed by atoms with Crippen molar-refractivity contribution in [2.45, 2.75) is 32.7 Å². The first-order chi connectivity index (χ1) is 8.46. The van der Waals surface area contributed by atoms with Gasteiger partial charge in [-0.1, -0.05) is 19.1 Å². The zero-order valence-electron chi connectivity index (χ0n) is 11.1. The van der Waals surface area contributed by atoms with Gasteiger partial charge in [0.25, 0.3) is 0 Å². The van der Waals surface area contributed by atoms with Gasteiger partial charge in [-0.2, -0.15) is 0 Å². The van der Waals surface area contributed by atoms with Crippen molar-refractivity contribution in [3.63, 3.8) is 0 Å². The molecule has 0 unspecified atom stereocenters. The van der Waals surface area contributed by atoms with Gasteiger partial charge in [-0.25, -0.2) is 0 Å². The van der Waals surface area contributed by atoms with Gasteiger partial charge in [0.1, 0.15) is 18.2 Å². The number of halogens is 1. The van der Waals surface area contributed by atoms with Gasteiger partial charge in [0.2, 0.25) is 5.91 Å². The zero-order chi connectivity index (χ0) is 13.6. The molecule has 0 spiro atoms. The fourth-order valence-electron chi connectivity index (χ4n) is 1.57. The van der Waals surface area contributed by atoms with E-state index in [4.69, 9.17) is 16.3 Å². The lowest BCUT2D eigenvalue weighted by molar-refractivity contribution is -0.120. The highest BCUT2D eigenvalue weighted by Gasteiger charge is 2.20. The average Bonchev–Trinajstić information content (AvgIpc) is 2.36. The molecule has 0 saturated heterocycles. The highest BCUT2D eigenvalue weighted by atomic mass is 35.5. The Morgan fingerprint density at radius 2 is 2.17 bits per heavy atom. The number of hydrogen-bond acceptors (Lipinski definition) is 2. The lowest BCUT2D eigenvalue weighted by Crippen LogP contribution is -2.48. The lowest BCUT2D eigenvalue weighted by Gasteiger charge is -2.26. The summed E-state index contributed by atoms with van der Waals surface area (Å²) in [5.41, 5.74) is 0.795. The minimum atomic E-state index is -0.436. The van der Waals surface area contributed by atoms with Crippen LogP contribution in [0.1, 0.15) is 26.3 Å². The Kier molecular flexibility index (Phi) is 5.48. The molecule has 0 saturated carbocycles.